The molecule has 0 bridgehead atoms. The molecule has 0 unspecified atom stereocenters. The molecular weight excluding hydrogens is 364 g/mol. The van der Waals surface area contributed by atoms with Crippen LogP contribution >= 0.6 is 0 Å². The molecule has 0 radical (unpaired) electrons. The van der Waals surface area contributed by atoms with Gasteiger partial charge in [-0.05, 0) is 37.1 Å². The third kappa shape index (κ3) is 3.11. The number of aromatic nitrogens is 3. The van der Waals surface area contributed by atoms with Crippen molar-refractivity contribution in [1.29, 1.82) is 0 Å². The molecule has 0 amide bonds. The molecule has 0 aliphatic heterocycles. The van der Waals surface area contributed by atoms with E-state index >= 15 is 0 Å². The van der Waals surface area contributed by atoms with Gasteiger partial charge in [-0.25, -0.2) is 9.59 Å². The van der Waals surface area contributed by atoms with Crippen LogP contribution in [0.25, 0.3) is 10.9 Å². The molecule has 0 spiro atoms. The van der Waals surface area contributed by atoms with Gasteiger partial charge in [0, 0.05) is 25.0 Å². The number of nitrogen functional groups attached to an aromatic ring is 1. The van der Waals surface area contributed by atoms with Crippen molar-refractivity contribution in [1.82, 2.24) is 14.1 Å². The van der Waals surface area contributed by atoms with Gasteiger partial charge >= 0.3 is 11.7 Å². The van der Waals surface area contributed by atoms with Gasteiger partial charge in [-0.1, -0.05) is 6.07 Å². The zero-order valence-corrected chi connectivity index (χ0v) is 16.0. The van der Waals surface area contributed by atoms with E-state index in [1.807, 2.05) is 26.0 Å². The Balaban J connectivity index is 1.84. The zero-order valence-electron chi connectivity index (χ0n) is 16.0. The Hall–Kier alpha value is -3.62. The molecular formula is C19H20N4O5. The number of nitrogens with one attached hydrogen (secondary N) is 1. The summed E-state index contributed by atoms with van der Waals surface area (Å²) in [4.78, 5) is 51.7. The predicted octanol–water partition coefficient (Wildman–Crippen LogP) is 0.804. The number of ketones is 1. The molecule has 0 atom stereocenters. The Morgan fingerprint density at radius 3 is 2.46 bits per heavy atom. The second-order valence-corrected chi connectivity index (χ2v) is 6.69. The van der Waals surface area contributed by atoms with Crippen molar-refractivity contribution < 1.29 is 14.3 Å². The largest absolute Gasteiger partial charge is 0.453 e. The highest BCUT2D eigenvalue weighted by Gasteiger charge is 2.22. The van der Waals surface area contributed by atoms with Gasteiger partial charge in [0.15, 0.2) is 6.61 Å². The summed E-state index contributed by atoms with van der Waals surface area (Å²) < 4.78 is 6.81. The third-order valence-electron chi connectivity index (χ3n) is 4.63. The minimum Gasteiger partial charge on any atom is -0.453 e. The molecule has 3 rings (SSSR count). The van der Waals surface area contributed by atoms with E-state index in [1.54, 1.807) is 6.07 Å². The first-order valence-electron chi connectivity index (χ1n) is 8.47. The first-order valence-corrected chi connectivity index (χ1v) is 8.47. The third-order valence-corrected chi connectivity index (χ3v) is 4.63. The maximum Gasteiger partial charge on any atom is 0.355 e. The van der Waals surface area contributed by atoms with E-state index in [4.69, 9.17) is 10.5 Å². The molecule has 0 aliphatic carbocycles. The minimum atomic E-state index is -0.835. The molecule has 0 saturated carbocycles. The van der Waals surface area contributed by atoms with Crippen LogP contribution in [0.5, 0.6) is 0 Å². The lowest BCUT2D eigenvalue weighted by Gasteiger charge is -2.10. The molecule has 0 aliphatic rings. The number of anilines is 1. The first kappa shape index (κ1) is 19.2. The number of aryl methyl sites for hydroxylation is 2. The van der Waals surface area contributed by atoms with Crippen LogP contribution in [0.4, 0.5) is 5.82 Å². The fourth-order valence-electron chi connectivity index (χ4n) is 3.11. The summed E-state index contributed by atoms with van der Waals surface area (Å²) in [6, 6.07) is 5.54. The van der Waals surface area contributed by atoms with Gasteiger partial charge in [0.1, 0.15) is 17.1 Å². The van der Waals surface area contributed by atoms with Crippen molar-refractivity contribution in [3.05, 3.63) is 61.4 Å². The summed E-state index contributed by atoms with van der Waals surface area (Å²) in [7, 11) is 2.58. The van der Waals surface area contributed by atoms with E-state index in [9.17, 15) is 19.2 Å². The SMILES string of the molecule is Cc1cc(C)c2cc(C(=O)OCC(=O)c3c(N)n(C)c(=O)n(C)c3=O)[nH]c2c1. The number of ether oxygens (including phenoxy) is 1. The highest BCUT2D eigenvalue weighted by Crippen LogP contribution is 2.21. The van der Waals surface area contributed by atoms with Crippen LogP contribution in [0, 0.1) is 13.8 Å². The Labute approximate surface area is 159 Å². The number of rotatable bonds is 4. The van der Waals surface area contributed by atoms with Crippen molar-refractivity contribution in [2.45, 2.75) is 13.8 Å². The van der Waals surface area contributed by atoms with E-state index < -0.39 is 29.6 Å². The Bertz CT molecular complexity index is 1250. The standard InChI is InChI=1S/C19H20N4O5/c1-9-5-10(2)11-7-13(21-12(11)6-9)18(26)28-8-14(24)15-16(20)22(3)19(27)23(4)17(15)25/h5-7,21H,8,20H2,1-4H3. The molecule has 0 saturated heterocycles. The summed E-state index contributed by atoms with van der Waals surface area (Å²) in [5.41, 5.74) is 6.88. The van der Waals surface area contributed by atoms with E-state index in [2.05, 4.69) is 4.98 Å². The van der Waals surface area contributed by atoms with Gasteiger partial charge in [-0.3, -0.25) is 18.7 Å². The number of nitrogens with two attached hydrogens (primary N) is 1. The van der Waals surface area contributed by atoms with E-state index in [-0.39, 0.29) is 17.1 Å². The second kappa shape index (κ2) is 6.84. The van der Waals surface area contributed by atoms with E-state index in [1.165, 1.54) is 14.1 Å². The number of benzene rings is 1. The Kier molecular flexibility index (Phi) is 4.68. The van der Waals surface area contributed by atoms with Gasteiger partial charge < -0.3 is 15.5 Å². The number of nitrogens with zero attached hydrogens (tertiary/aromatic N) is 2. The van der Waals surface area contributed by atoms with Crippen molar-refractivity contribution in [2.24, 2.45) is 14.1 Å². The number of carbonyl (C=O) groups excluding carboxylic acids is 2. The molecule has 28 heavy (non-hydrogen) atoms. The fourth-order valence-corrected chi connectivity index (χ4v) is 3.11. The summed E-state index contributed by atoms with van der Waals surface area (Å²) in [6.45, 7) is 3.20. The van der Waals surface area contributed by atoms with Gasteiger partial charge in [-0.15, -0.1) is 0 Å². The lowest BCUT2D eigenvalue weighted by molar-refractivity contribution is 0.0469. The van der Waals surface area contributed by atoms with Gasteiger partial charge in [0.2, 0.25) is 5.78 Å². The van der Waals surface area contributed by atoms with Crippen LogP contribution < -0.4 is 17.0 Å². The molecule has 0 fully saturated rings. The van der Waals surface area contributed by atoms with Crippen LogP contribution in [0.15, 0.2) is 27.8 Å². The van der Waals surface area contributed by atoms with Gasteiger partial charge in [0.25, 0.3) is 5.56 Å². The number of hydrogen-bond acceptors (Lipinski definition) is 6. The first-order chi connectivity index (χ1) is 13.1. The highest BCUT2D eigenvalue weighted by molar-refractivity contribution is 6.02. The maximum absolute atomic E-state index is 12.4. The monoisotopic (exact) mass is 384 g/mol. The van der Waals surface area contributed by atoms with E-state index in [0.717, 1.165) is 31.2 Å². The summed E-state index contributed by atoms with van der Waals surface area (Å²) >= 11 is 0. The number of fused-ring (bicyclic) bond motifs is 1. The molecule has 2 heterocycles. The molecule has 9 nitrogen and oxygen atoms in total. The molecule has 146 valence electrons. The average molecular weight is 384 g/mol. The number of hydrogen-bond donors (Lipinski definition) is 2. The average Bonchev–Trinajstić information content (AvgIpc) is 3.07. The predicted molar refractivity (Wildman–Crippen MR) is 104 cm³/mol. The number of carbonyl (C=O) groups is 2. The second-order valence-electron chi connectivity index (χ2n) is 6.69. The van der Waals surface area contributed by atoms with E-state index in [0.29, 0.717) is 0 Å². The molecule has 3 aromatic rings. The Morgan fingerprint density at radius 2 is 1.79 bits per heavy atom. The molecule has 2 aromatic heterocycles. The number of H-pyrrole nitrogens is 1. The Morgan fingerprint density at radius 1 is 1.11 bits per heavy atom. The lowest BCUT2D eigenvalue weighted by Crippen LogP contribution is -2.42. The number of esters is 1. The molecule has 3 N–H and O–H groups in total. The minimum absolute atomic E-state index is 0.192. The smallest absolute Gasteiger partial charge is 0.355 e. The summed E-state index contributed by atoms with van der Waals surface area (Å²) in [5.74, 6) is -1.79. The van der Waals surface area contributed by atoms with Crippen molar-refractivity contribution in [3.8, 4) is 0 Å². The van der Waals surface area contributed by atoms with Crippen LogP contribution in [0.1, 0.15) is 32.0 Å². The molecule has 9 heteroatoms. The van der Waals surface area contributed by atoms with Gasteiger partial charge in [0.05, 0.1) is 0 Å². The quantitative estimate of drug-likeness (QED) is 0.506. The summed E-state index contributed by atoms with van der Waals surface area (Å²) in [6.07, 6.45) is 0. The van der Waals surface area contributed by atoms with Crippen LogP contribution in [0.2, 0.25) is 0 Å². The zero-order chi connectivity index (χ0) is 20.7. The van der Waals surface area contributed by atoms with Crippen molar-refractivity contribution in [3.63, 3.8) is 0 Å². The highest BCUT2D eigenvalue weighted by atomic mass is 16.5. The number of Topliss-reactive ketones (excluding diaryl/α,β-unsaturated/α-hetero) is 1. The van der Waals surface area contributed by atoms with Crippen LogP contribution in [-0.2, 0) is 18.8 Å². The van der Waals surface area contributed by atoms with Gasteiger partial charge in [-0.2, -0.15) is 0 Å². The maximum atomic E-state index is 12.4. The summed E-state index contributed by atoms with van der Waals surface area (Å²) in [5, 5.41) is 0.875. The molecule has 1 aromatic carbocycles. The fraction of sp³-hybridized carbons (Fsp3) is 0.263. The van der Waals surface area contributed by atoms with Crippen LogP contribution in [-0.4, -0.2) is 32.5 Å². The van der Waals surface area contributed by atoms with Crippen molar-refractivity contribution in [2.75, 3.05) is 12.3 Å². The van der Waals surface area contributed by atoms with Crippen molar-refractivity contribution >= 4 is 28.5 Å². The normalized spacial score (nSPS) is 11.0. The number of aromatic amines is 1. The lowest BCUT2D eigenvalue weighted by atomic mass is 10.1. The topological polar surface area (TPSA) is 129 Å². The van der Waals surface area contributed by atoms with Crippen LogP contribution in [0.3, 0.4) is 0 Å².